The van der Waals surface area contributed by atoms with Crippen molar-refractivity contribution < 1.29 is 4.74 Å². The highest BCUT2D eigenvalue weighted by molar-refractivity contribution is 6.30. The Morgan fingerprint density at radius 3 is 2.46 bits per heavy atom. The molecule has 4 nitrogen and oxygen atoms in total. The van der Waals surface area contributed by atoms with Gasteiger partial charge in [-0.1, -0.05) is 30.3 Å². The molecule has 0 radical (unpaired) electrons. The number of aromatic amines is 1. The molecule has 0 atom stereocenters. The number of halogens is 1. The largest absolute Gasteiger partial charge is 0.494 e. The Morgan fingerprint density at radius 2 is 1.83 bits per heavy atom. The van der Waals surface area contributed by atoms with E-state index in [9.17, 15) is 4.79 Å². The molecule has 0 unspecified atom stereocenters. The Balaban J connectivity index is 2.04. The van der Waals surface area contributed by atoms with Crippen LogP contribution >= 0.6 is 11.6 Å². The number of nitrogens with zero attached hydrogens (tertiary/aromatic N) is 1. The van der Waals surface area contributed by atoms with Gasteiger partial charge in [-0.3, -0.25) is 9.89 Å². The van der Waals surface area contributed by atoms with E-state index in [1.54, 1.807) is 24.3 Å². The van der Waals surface area contributed by atoms with Gasteiger partial charge in [-0.15, -0.1) is 0 Å². The summed E-state index contributed by atoms with van der Waals surface area (Å²) in [6, 6.07) is 14.6. The van der Waals surface area contributed by atoms with Gasteiger partial charge in [0.1, 0.15) is 5.75 Å². The van der Waals surface area contributed by atoms with Crippen LogP contribution in [0.3, 0.4) is 0 Å². The van der Waals surface area contributed by atoms with Crippen molar-refractivity contribution in [1.82, 2.24) is 9.78 Å². The van der Waals surface area contributed by atoms with Crippen molar-refractivity contribution in [1.29, 1.82) is 0 Å². The maximum Gasteiger partial charge on any atom is 0.279 e. The van der Waals surface area contributed by atoms with Crippen molar-refractivity contribution in [3.05, 3.63) is 80.0 Å². The molecule has 3 aromatic rings. The molecule has 0 fully saturated rings. The highest BCUT2D eigenvalue weighted by Crippen LogP contribution is 2.12. The Morgan fingerprint density at radius 1 is 1.17 bits per heavy atom. The Hall–Kier alpha value is -2.72. The average Bonchev–Trinajstić information content (AvgIpc) is 2.86. The molecule has 0 bridgehead atoms. The summed E-state index contributed by atoms with van der Waals surface area (Å²) < 4.78 is 6.88. The quantitative estimate of drug-likeness (QED) is 0.793. The van der Waals surface area contributed by atoms with Crippen LogP contribution in [0.25, 0.3) is 18.3 Å². The molecule has 0 saturated heterocycles. The molecule has 122 valence electrons. The fourth-order valence-corrected chi connectivity index (χ4v) is 2.54. The van der Waals surface area contributed by atoms with Gasteiger partial charge in [-0.25, -0.2) is 4.68 Å². The van der Waals surface area contributed by atoms with E-state index in [-0.39, 0.29) is 5.56 Å². The first-order valence-electron chi connectivity index (χ1n) is 7.59. The van der Waals surface area contributed by atoms with Crippen molar-refractivity contribution in [3.63, 3.8) is 0 Å². The minimum atomic E-state index is -0.156. The molecule has 0 aliphatic carbocycles. The van der Waals surface area contributed by atoms with E-state index in [1.165, 1.54) is 4.68 Å². The van der Waals surface area contributed by atoms with Crippen molar-refractivity contribution >= 4 is 24.3 Å². The Labute approximate surface area is 144 Å². The van der Waals surface area contributed by atoms with E-state index in [0.717, 1.165) is 11.3 Å². The number of ether oxygens (including phenoxy) is 1. The second-order valence-electron chi connectivity index (χ2n) is 5.27. The fourth-order valence-electron chi connectivity index (χ4n) is 2.41. The van der Waals surface area contributed by atoms with Crippen LogP contribution in [-0.4, -0.2) is 16.4 Å². The molecule has 1 aromatic heterocycles. The molecule has 1 heterocycles. The number of rotatable bonds is 4. The van der Waals surface area contributed by atoms with Crippen molar-refractivity contribution in [3.8, 4) is 11.4 Å². The van der Waals surface area contributed by atoms with Crippen LogP contribution in [0.4, 0.5) is 0 Å². The van der Waals surface area contributed by atoms with Crippen molar-refractivity contribution in [2.24, 2.45) is 0 Å². The van der Waals surface area contributed by atoms with E-state index in [0.29, 0.717) is 27.9 Å². The van der Waals surface area contributed by atoms with Gasteiger partial charge >= 0.3 is 0 Å². The smallest absolute Gasteiger partial charge is 0.279 e. The summed E-state index contributed by atoms with van der Waals surface area (Å²) in [4.78, 5) is 12.7. The topological polar surface area (TPSA) is 47.0 Å². The van der Waals surface area contributed by atoms with E-state index in [1.807, 2.05) is 37.3 Å². The first-order valence-corrected chi connectivity index (χ1v) is 7.97. The summed E-state index contributed by atoms with van der Waals surface area (Å²) in [5.74, 6) is 0.803. The summed E-state index contributed by atoms with van der Waals surface area (Å²) in [5.41, 5.74) is 1.46. The number of aromatic nitrogens is 2. The summed E-state index contributed by atoms with van der Waals surface area (Å²) in [5, 5.41) is 4.70. The lowest BCUT2D eigenvalue weighted by Gasteiger charge is -2.01. The Kier molecular flexibility index (Phi) is 4.58. The van der Waals surface area contributed by atoms with E-state index >= 15 is 0 Å². The standard InChI is InChI=1S/C19H17ClN2O2/c1-3-24-17-10-4-14(5-11-17)12-18-13(2)21-22(19(18)23)16-8-6-15(20)7-9-16/h4-12,21H,2-3H2,1H3/b18-12-. The van der Waals surface area contributed by atoms with E-state index < -0.39 is 0 Å². The van der Waals surface area contributed by atoms with Gasteiger partial charge in [-0.2, -0.15) is 0 Å². The number of benzene rings is 2. The second kappa shape index (κ2) is 6.81. The molecular weight excluding hydrogens is 324 g/mol. The lowest BCUT2D eigenvalue weighted by Crippen LogP contribution is -2.33. The van der Waals surface area contributed by atoms with Gasteiger partial charge in [0.2, 0.25) is 0 Å². The molecular formula is C19H17ClN2O2. The molecule has 5 heteroatoms. The average molecular weight is 341 g/mol. The fraction of sp³-hybridized carbons (Fsp3) is 0.105. The first-order chi connectivity index (χ1) is 11.6. The minimum absolute atomic E-state index is 0.156. The maximum atomic E-state index is 12.7. The Bertz CT molecular complexity index is 1000. The molecule has 0 aliphatic rings. The van der Waals surface area contributed by atoms with Gasteiger partial charge < -0.3 is 4.74 Å². The second-order valence-corrected chi connectivity index (χ2v) is 5.70. The van der Waals surface area contributed by atoms with E-state index in [4.69, 9.17) is 16.3 Å². The predicted octanol–water partition coefficient (Wildman–Crippen LogP) is 2.46. The number of hydrogen-bond donors (Lipinski definition) is 1. The molecule has 0 aliphatic heterocycles. The molecule has 24 heavy (non-hydrogen) atoms. The zero-order valence-corrected chi connectivity index (χ0v) is 14.0. The predicted molar refractivity (Wildman–Crippen MR) is 97.3 cm³/mol. The van der Waals surface area contributed by atoms with Gasteiger partial charge in [0, 0.05) is 5.02 Å². The van der Waals surface area contributed by atoms with Crippen molar-refractivity contribution in [2.75, 3.05) is 6.61 Å². The van der Waals surface area contributed by atoms with Crippen LogP contribution in [0.5, 0.6) is 5.75 Å². The summed E-state index contributed by atoms with van der Waals surface area (Å²) in [6.45, 7) is 6.49. The van der Waals surface area contributed by atoms with Crippen LogP contribution in [0.1, 0.15) is 12.5 Å². The monoisotopic (exact) mass is 340 g/mol. The number of nitrogens with one attached hydrogen (secondary N) is 1. The molecule has 0 spiro atoms. The van der Waals surface area contributed by atoms with Gasteiger partial charge in [0.15, 0.2) is 0 Å². The summed E-state index contributed by atoms with van der Waals surface area (Å²) >= 11 is 5.89. The molecule has 1 N–H and O–H groups in total. The highest BCUT2D eigenvalue weighted by Gasteiger charge is 2.04. The van der Waals surface area contributed by atoms with E-state index in [2.05, 4.69) is 11.7 Å². The van der Waals surface area contributed by atoms with Gasteiger partial charge in [0.25, 0.3) is 5.56 Å². The van der Waals surface area contributed by atoms with Crippen LogP contribution in [-0.2, 0) is 0 Å². The number of hydrogen-bond acceptors (Lipinski definition) is 2. The summed E-state index contributed by atoms with van der Waals surface area (Å²) in [6.07, 6.45) is 1.81. The van der Waals surface area contributed by atoms with Gasteiger partial charge in [-0.05, 0) is 55.0 Å². The molecule has 0 amide bonds. The first kappa shape index (κ1) is 16.1. The van der Waals surface area contributed by atoms with Crippen LogP contribution in [0.2, 0.25) is 5.02 Å². The third-order valence-corrected chi connectivity index (χ3v) is 3.84. The molecule has 0 saturated carbocycles. The lowest BCUT2D eigenvalue weighted by molar-refractivity contribution is 0.340. The zero-order valence-electron chi connectivity index (χ0n) is 13.3. The lowest BCUT2D eigenvalue weighted by atomic mass is 10.2. The van der Waals surface area contributed by atoms with Crippen LogP contribution in [0, 0.1) is 0 Å². The molecule has 2 aromatic carbocycles. The third kappa shape index (κ3) is 3.29. The highest BCUT2D eigenvalue weighted by atomic mass is 35.5. The van der Waals surface area contributed by atoms with Crippen LogP contribution in [0.15, 0.2) is 53.3 Å². The molecule has 3 rings (SSSR count). The van der Waals surface area contributed by atoms with Gasteiger partial charge in [0.05, 0.1) is 22.9 Å². The summed E-state index contributed by atoms with van der Waals surface area (Å²) in [7, 11) is 0. The number of H-pyrrole nitrogens is 1. The van der Waals surface area contributed by atoms with Crippen LogP contribution < -0.4 is 20.9 Å². The normalized spacial score (nSPS) is 11.7. The zero-order chi connectivity index (χ0) is 17.1. The minimum Gasteiger partial charge on any atom is -0.494 e. The SMILES string of the molecule is C=c1[nH]n(-c2ccc(Cl)cc2)c(=O)/c1=C\c1ccc(OCC)cc1. The van der Waals surface area contributed by atoms with Crippen molar-refractivity contribution in [2.45, 2.75) is 6.92 Å². The maximum absolute atomic E-state index is 12.7. The third-order valence-electron chi connectivity index (χ3n) is 3.59.